The highest BCUT2D eigenvalue weighted by atomic mass is 15.4. The van der Waals surface area contributed by atoms with Crippen LogP contribution >= 0.6 is 0 Å². The smallest absolute Gasteiger partial charge is 0.265 e. The fraction of sp³-hybridized carbons (Fsp3) is 0.375. The molecule has 2 aliphatic rings. The quantitative estimate of drug-likeness (QED) is 0.510. The third-order valence-electron chi connectivity index (χ3n) is 6.17. The maximum Gasteiger partial charge on any atom is 0.350 e. The number of hydrogen-bond donors (Lipinski definition) is 0. The van der Waals surface area contributed by atoms with Gasteiger partial charge in [-0.15, -0.1) is 0 Å². The van der Waals surface area contributed by atoms with Gasteiger partial charge in [-0.2, -0.15) is 0 Å². The predicted molar refractivity (Wildman–Crippen MR) is 113 cm³/mol. The van der Waals surface area contributed by atoms with Crippen LogP contribution in [0.5, 0.6) is 0 Å². The lowest BCUT2D eigenvalue weighted by atomic mass is 9.96. The lowest BCUT2D eigenvalue weighted by Gasteiger charge is -2.37. The molecule has 1 saturated heterocycles. The minimum Gasteiger partial charge on any atom is -0.265 e. The summed E-state index contributed by atoms with van der Waals surface area (Å²) in [6.07, 6.45) is 2.53. The Morgan fingerprint density at radius 3 is 2.22 bits per heavy atom. The lowest BCUT2D eigenvalue weighted by molar-refractivity contribution is -0.559. The number of hydrogen-bond acceptors (Lipinski definition) is 2. The third-order valence-corrected chi connectivity index (χ3v) is 6.17. The van der Waals surface area contributed by atoms with Gasteiger partial charge in [0.1, 0.15) is 0 Å². The van der Waals surface area contributed by atoms with E-state index in [2.05, 4.69) is 75.9 Å². The molecule has 138 valence electrons. The van der Waals surface area contributed by atoms with Gasteiger partial charge in [-0.3, -0.25) is 14.4 Å². The number of nitrogens with zero attached hydrogens (tertiary/aromatic N) is 3. The van der Waals surface area contributed by atoms with Gasteiger partial charge in [0.05, 0.1) is 39.3 Å². The first-order valence-corrected chi connectivity index (χ1v) is 10.4. The van der Waals surface area contributed by atoms with Gasteiger partial charge in [-0.1, -0.05) is 48.5 Å². The van der Waals surface area contributed by atoms with Crippen molar-refractivity contribution in [2.24, 2.45) is 0 Å². The Labute approximate surface area is 161 Å². The van der Waals surface area contributed by atoms with E-state index in [0.29, 0.717) is 0 Å². The highest BCUT2D eigenvalue weighted by Gasteiger charge is 2.35. The normalized spacial score (nSPS) is 17.7. The van der Waals surface area contributed by atoms with E-state index >= 15 is 0 Å². The Morgan fingerprint density at radius 1 is 0.852 bits per heavy atom. The van der Waals surface area contributed by atoms with Crippen LogP contribution in [0.2, 0.25) is 0 Å². The number of guanidine groups is 1. The molecule has 0 atom stereocenters. The van der Waals surface area contributed by atoms with Crippen LogP contribution < -0.4 is 0 Å². The van der Waals surface area contributed by atoms with E-state index in [1.54, 1.807) is 0 Å². The molecule has 0 amide bonds. The number of rotatable bonds is 3. The van der Waals surface area contributed by atoms with Crippen molar-refractivity contribution in [1.82, 2.24) is 9.80 Å². The molecule has 3 nitrogen and oxygen atoms in total. The minimum atomic E-state index is 0.990. The van der Waals surface area contributed by atoms with E-state index in [1.165, 1.54) is 65.5 Å². The van der Waals surface area contributed by atoms with Gasteiger partial charge in [0.2, 0.25) is 0 Å². The predicted octanol–water partition coefficient (Wildman–Crippen LogP) is 4.29. The fourth-order valence-electron chi connectivity index (χ4n) is 4.94. The van der Waals surface area contributed by atoms with Gasteiger partial charge < -0.3 is 0 Å². The van der Waals surface area contributed by atoms with Gasteiger partial charge in [0, 0.05) is 18.4 Å². The van der Waals surface area contributed by atoms with Crippen LogP contribution in [0.15, 0.2) is 54.6 Å². The maximum absolute atomic E-state index is 2.64. The summed E-state index contributed by atoms with van der Waals surface area (Å²) in [4.78, 5) is 5.19. The third kappa shape index (κ3) is 2.86. The van der Waals surface area contributed by atoms with Crippen molar-refractivity contribution in [3.63, 3.8) is 0 Å². The first-order chi connectivity index (χ1) is 13.3. The second kappa shape index (κ2) is 6.88. The lowest BCUT2D eigenvalue weighted by Crippen LogP contribution is -2.57. The standard InChI is InChI=1S/C24H28N3/c1-2-25-13-7-14-26-15-8-16-27(24(25)26)18-23-21-11-5-3-9-19(21)17-20-10-4-6-12-22(20)23/h3-6,9-12,17H,2,7-8,13-16,18H2,1H3/q+1. The molecular formula is C24H28N3+. The highest BCUT2D eigenvalue weighted by molar-refractivity contribution is 6.02. The summed E-state index contributed by atoms with van der Waals surface area (Å²) in [5.74, 6) is 1.46. The van der Waals surface area contributed by atoms with E-state index in [9.17, 15) is 0 Å². The van der Waals surface area contributed by atoms with Crippen molar-refractivity contribution >= 4 is 27.5 Å². The van der Waals surface area contributed by atoms with E-state index in [-0.39, 0.29) is 0 Å². The van der Waals surface area contributed by atoms with Crippen LogP contribution in [0.1, 0.15) is 25.3 Å². The topological polar surface area (TPSA) is 9.49 Å². The Bertz CT molecular complexity index is 966. The summed E-state index contributed by atoms with van der Waals surface area (Å²) in [5.41, 5.74) is 1.47. The van der Waals surface area contributed by atoms with Crippen molar-refractivity contribution in [2.45, 2.75) is 26.3 Å². The summed E-state index contributed by atoms with van der Waals surface area (Å²) < 4.78 is 2.64. The Morgan fingerprint density at radius 2 is 1.52 bits per heavy atom. The van der Waals surface area contributed by atoms with Crippen LogP contribution in [0.25, 0.3) is 21.5 Å². The van der Waals surface area contributed by atoms with Crippen LogP contribution in [-0.4, -0.2) is 53.1 Å². The van der Waals surface area contributed by atoms with E-state index in [1.807, 2.05) is 0 Å². The minimum absolute atomic E-state index is 0.990. The molecule has 2 aliphatic heterocycles. The van der Waals surface area contributed by atoms with E-state index in [0.717, 1.165) is 19.6 Å². The second-order valence-corrected chi connectivity index (χ2v) is 7.79. The van der Waals surface area contributed by atoms with Gasteiger partial charge in [0.25, 0.3) is 0 Å². The largest absolute Gasteiger partial charge is 0.350 e. The zero-order valence-electron chi connectivity index (χ0n) is 16.2. The SMILES string of the molecule is CCN1CCCN2CCC[N+](Cc3c4ccccc4cc4ccccc34)=C12. The molecule has 0 spiro atoms. The highest BCUT2D eigenvalue weighted by Crippen LogP contribution is 2.29. The van der Waals surface area contributed by atoms with Crippen molar-refractivity contribution in [3.8, 4) is 0 Å². The maximum atomic E-state index is 2.64. The Balaban J connectivity index is 1.70. The average Bonchev–Trinajstić information content (AvgIpc) is 2.73. The Kier molecular flexibility index (Phi) is 4.23. The monoisotopic (exact) mass is 358 g/mol. The number of benzene rings is 3. The molecule has 3 aromatic rings. The molecule has 0 unspecified atom stereocenters. The molecule has 0 saturated carbocycles. The first-order valence-electron chi connectivity index (χ1n) is 10.4. The summed E-state index contributed by atoms with van der Waals surface area (Å²) in [5, 5.41) is 5.49. The van der Waals surface area contributed by atoms with Crippen LogP contribution in [0.4, 0.5) is 0 Å². The first kappa shape index (κ1) is 16.6. The van der Waals surface area contributed by atoms with Crippen molar-refractivity contribution < 1.29 is 4.58 Å². The zero-order valence-corrected chi connectivity index (χ0v) is 16.2. The van der Waals surface area contributed by atoms with Crippen LogP contribution in [-0.2, 0) is 6.54 Å². The molecule has 1 fully saturated rings. The number of fused-ring (bicyclic) bond motifs is 3. The summed E-state index contributed by atoms with van der Waals surface area (Å²) >= 11 is 0. The average molecular weight is 359 g/mol. The van der Waals surface area contributed by atoms with Crippen LogP contribution in [0.3, 0.4) is 0 Å². The Hall–Kier alpha value is -2.55. The summed E-state index contributed by atoms with van der Waals surface area (Å²) in [7, 11) is 0. The van der Waals surface area contributed by atoms with Gasteiger partial charge in [-0.05, 0) is 34.5 Å². The molecular weight excluding hydrogens is 330 g/mol. The molecule has 0 radical (unpaired) electrons. The van der Waals surface area contributed by atoms with Crippen molar-refractivity contribution in [3.05, 3.63) is 60.2 Å². The van der Waals surface area contributed by atoms with Gasteiger partial charge >= 0.3 is 5.96 Å². The van der Waals surface area contributed by atoms with Crippen LogP contribution in [0, 0.1) is 0 Å². The summed E-state index contributed by atoms with van der Waals surface area (Å²) in [6, 6.07) is 20.1. The molecule has 0 aromatic heterocycles. The molecule has 27 heavy (non-hydrogen) atoms. The fourth-order valence-corrected chi connectivity index (χ4v) is 4.94. The van der Waals surface area contributed by atoms with E-state index < -0.39 is 0 Å². The molecule has 0 N–H and O–H groups in total. The zero-order chi connectivity index (χ0) is 18.2. The molecule has 0 bridgehead atoms. The molecule has 3 aromatic carbocycles. The molecule has 5 rings (SSSR count). The van der Waals surface area contributed by atoms with Gasteiger partial charge in [0.15, 0.2) is 0 Å². The molecule has 3 heteroatoms. The molecule has 0 aliphatic carbocycles. The van der Waals surface area contributed by atoms with Gasteiger partial charge in [-0.25, -0.2) is 0 Å². The van der Waals surface area contributed by atoms with Crippen molar-refractivity contribution in [1.29, 1.82) is 0 Å². The van der Waals surface area contributed by atoms with E-state index in [4.69, 9.17) is 0 Å². The molecule has 2 heterocycles. The summed E-state index contributed by atoms with van der Waals surface area (Å²) in [6.45, 7) is 9.13. The second-order valence-electron chi connectivity index (χ2n) is 7.79. The van der Waals surface area contributed by atoms with Crippen molar-refractivity contribution in [2.75, 3.05) is 32.7 Å².